The minimum Gasteiger partial charge on any atom is -0.380 e. The summed E-state index contributed by atoms with van der Waals surface area (Å²) in [6, 6.07) is 16.6. The van der Waals surface area contributed by atoms with E-state index in [1.807, 2.05) is 0 Å². The molecular formula is C24H17F3O2. The Labute approximate surface area is 165 Å². The summed E-state index contributed by atoms with van der Waals surface area (Å²) >= 11 is 0. The van der Waals surface area contributed by atoms with Gasteiger partial charge in [0.1, 0.15) is 23.1 Å². The Morgan fingerprint density at radius 3 is 1.97 bits per heavy atom. The van der Waals surface area contributed by atoms with Gasteiger partial charge >= 0.3 is 0 Å². The second-order valence-electron chi connectivity index (χ2n) is 7.13. The van der Waals surface area contributed by atoms with Crippen LogP contribution in [0.4, 0.5) is 13.2 Å². The maximum absolute atomic E-state index is 14.0. The highest BCUT2D eigenvalue weighted by Gasteiger charge is 2.52. The highest BCUT2D eigenvalue weighted by molar-refractivity contribution is 6.33. The van der Waals surface area contributed by atoms with Gasteiger partial charge in [-0.1, -0.05) is 49.4 Å². The second-order valence-corrected chi connectivity index (χ2v) is 7.13. The largest absolute Gasteiger partial charge is 0.380 e. The molecule has 2 nitrogen and oxygen atoms in total. The number of halogens is 3. The van der Waals surface area contributed by atoms with E-state index in [0.717, 1.165) is 18.2 Å². The van der Waals surface area contributed by atoms with Crippen molar-refractivity contribution in [1.29, 1.82) is 0 Å². The van der Waals surface area contributed by atoms with E-state index < -0.39 is 29.0 Å². The molecule has 0 fully saturated rings. The van der Waals surface area contributed by atoms with Gasteiger partial charge in [0.05, 0.1) is 5.92 Å². The van der Waals surface area contributed by atoms with E-state index in [0.29, 0.717) is 11.1 Å². The molecular weight excluding hydrogens is 377 g/mol. The van der Waals surface area contributed by atoms with Gasteiger partial charge in [-0.2, -0.15) is 0 Å². The number of benzene rings is 3. The first-order valence-electron chi connectivity index (χ1n) is 9.11. The molecule has 3 aromatic carbocycles. The summed E-state index contributed by atoms with van der Waals surface area (Å²) in [6.07, 6.45) is 0. The van der Waals surface area contributed by atoms with Crippen molar-refractivity contribution < 1.29 is 23.1 Å². The zero-order valence-corrected chi connectivity index (χ0v) is 15.5. The van der Waals surface area contributed by atoms with Crippen LogP contribution in [0.5, 0.6) is 0 Å². The van der Waals surface area contributed by atoms with Crippen LogP contribution in [0.2, 0.25) is 0 Å². The maximum atomic E-state index is 14.0. The molecule has 29 heavy (non-hydrogen) atoms. The normalized spacial score (nSPS) is 21.7. The zero-order chi connectivity index (χ0) is 20.8. The van der Waals surface area contributed by atoms with Crippen LogP contribution in [0.25, 0.3) is 11.1 Å². The van der Waals surface area contributed by atoms with Crippen LogP contribution in [0.3, 0.4) is 0 Å². The average molecular weight is 394 g/mol. The van der Waals surface area contributed by atoms with Crippen molar-refractivity contribution in [3.63, 3.8) is 0 Å². The third-order valence-corrected chi connectivity index (χ3v) is 5.40. The number of aliphatic hydroxyl groups is 1. The van der Waals surface area contributed by atoms with E-state index in [1.165, 1.54) is 24.3 Å². The second kappa shape index (κ2) is 7.01. The van der Waals surface area contributed by atoms with E-state index in [4.69, 9.17) is 0 Å². The summed E-state index contributed by atoms with van der Waals surface area (Å²) in [5.74, 6) is -3.43. The van der Waals surface area contributed by atoms with Crippen LogP contribution >= 0.6 is 0 Å². The lowest BCUT2D eigenvalue weighted by Crippen LogP contribution is -2.33. The molecule has 0 amide bonds. The van der Waals surface area contributed by atoms with Gasteiger partial charge in [0.2, 0.25) is 0 Å². The van der Waals surface area contributed by atoms with Gasteiger partial charge in [-0.3, -0.25) is 4.79 Å². The minimum absolute atomic E-state index is 0.0610. The quantitative estimate of drug-likeness (QED) is 0.669. The number of hydrogen-bond donors (Lipinski definition) is 1. The van der Waals surface area contributed by atoms with Crippen LogP contribution in [-0.2, 0) is 10.4 Å². The number of Topliss-reactive ketones (excluding diaryl/α,β-unsaturated/α-hetero) is 1. The van der Waals surface area contributed by atoms with Crippen molar-refractivity contribution in [2.45, 2.75) is 12.5 Å². The Kier molecular flexibility index (Phi) is 4.63. The SMILES string of the molecule is C[C@H]1C(=O)C(c2ccc(F)cc2)=C(c2cc(F)cc(F)c2)[C@@]1(O)c1ccccc1. The van der Waals surface area contributed by atoms with E-state index >= 15 is 0 Å². The van der Waals surface area contributed by atoms with Crippen LogP contribution in [0.15, 0.2) is 72.8 Å². The summed E-state index contributed by atoms with van der Waals surface area (Å²) in [7, 11) is 0. The predicted molar refractivity (Wildman–Crippen MR) is 104 cm³/mol. The molecule has 146 valence electrons. The van der Waals surface area contributed by atoms with Gasteiger partial charge in [0, 0.05) is 17.2 Å². The number of carbonyl (C=O) groups excluding carboxylic acids is 1. The fourth-order valence-electron chi connectivity index (χ4n) is 3.99. The fourth-order valence-corrected chi connectivity index (χ4v) is 3.99. The molecule has 0 aromatic heterocycles. The van der Waals surface area contributed by atoms with Crippen molar-refractivity contribution in [3.05, 3.63) is 107 Å². The highest BCUT2D eigenvalue weighted by atomic mass is 19.1. The topological polar surface area (TPSA) is 37.3 Å². The van der Waals surface area contributed by atoms with Gasteiger partial charge < -0.3 is 5.11 Å². The first kappa shape index (κ1) is 19.2. The fraction of sp³-hybridized carbons (Fsp3) is 0.125. The van der Waals surface area contributed by atoms with E-state index in [2.05, 4.69) is 0 Å². The molecule has 0 unspecified atom stereocenters. The molecule has 1 N–H and O–H groups in total. The molecule has 0 bridgehead atoms. The monoisotopic (exact) mass is 394 g/mol. The van der Waals surface area contributed by atoms with E-state index in [9.17, 15) is 23.1 Å². The van der Waals surface area contributed by atoms with Gasteiger partial charge in [-0.15, -0.1) is 0 Å². The Morgan fingerprint density at radius 2 is 1.38 bits per heavy atom. The Balaban J connectivity index is 2.08. The molecule has 0 heterocycles. The highest BCUT2D eigenvalue weighted by Crippen LogP contribution is 2.53. The van der Waals surface area contributed by atoms with Crippen molar-refractivity contribution in [2.24, 2.45) is 5.92 Å². The number of ketones is 1. The lowest BCUT2D eigenvalue weighted by molar-refractivity contribution is -0.121. The number of allylic oxidation sites excluding steroid dienone is 1. The summed E-state index contributed by atoms with van der Waals surface area (Å²) in [6.45, 7) is 1.57. The summed E-state index contributed by atoms with van der Waals surface area (Å²) < 4.78 is 41.5. The Hall–Kier alpha value is -3.18. The predicted octanol–water partition coefficient (Wildman–Crippen LogP) is 5.12. The third-order valence-electron chi connectivity index (χ3n) is 5.40. The summed E-state index contributed by atoms with van der Waals surface area (Å²) in [5.41, 5.74) is -0.721. The number of rotatable bonds is 3. The molecule has 0 saturated carbocycles. The zero-order valence-electron chi connectivity index (χ0n) is 15.5. The van der Waals surface area contributed by atoms with Crippen molar-refractivity contribution in [3.8, 4) is 0 Å². The molecule has 4 rings (SSSR count). The first-order valence-corrected chi connectivity index (χ1v) is 9.11. The first-order chi connectivity index (χ1) is 13.8. The van der Waals surface area contributed by atoms with Crippen LogP contribution in [0, 0.1) is 23.4 Å². The Morgan fingerprint density at radius 1 is 0.793 bits per heavy atom. The molecule has 2 atom stereocenters. The molecule has 0 saturated heterocycles. The molecule has 3 aromatic rings. The molecule has 5 heteroatoms. The lowest BCUT2D eigenvalue weighted by Gasteiger charge is -2.31. The van der Waals surface area contributed by atoms with Gasteiger partial charge in [-0.25, -0.2) is 13.2 Å². The van der Waals surface area contributed by atoms with E-state index in [1.54, 1.807) is 37.3 Å². The molecule has 1 aliphatic carbocycles. The van der Waals surface area contributed by atoms with Gasteiger partial charge in [0.25, 0.3) is 0 Å². The minimum atomic E-state index is -1.80. The maximum Gasteiger partial charge on any atom is 0.170 e. The van der Waals surface area contributed by atoms with Crippen molar-refractivity contribution in [2.75, 3.05) is 0 Å². The molecule has 1 aliphatic rings. The third kappa shape index (κ3) is 3.08. The van der Waals surface area contributed by atoms with Crippen LogP contribution in [0.1, 0.15) is 23.6 Å². The molecule has 0 radical (unpaired) electrons. The van der Waals surface area contributed by atoms with Crippen molar-refractivity contribution in [1.82, 2.24) is 0 Å². The lowest BCUT2D eigenvalue weighted by atomic mass is 9.78. The smallest absolute Gasteiger partial charge is 0.170 e. The van der Waals surface area contributed by atoms with Crippen molar-refractivity contribution >= 4 is 16.9 Å². The van der Waals surface area contributed by atoms with E-state index in [-0.39, 0.29) is 22.5 Å². The van der Waals surface area contributed by atoms with Crippen LogP contribution < -0.4 is 0 Å². The van der Waals surface area contributed by atoms with Gasteiger partial charge in [-0.05, 0) is 41.0 Å². The van der Waals surface area contributed by atoms with Gasteiger partial charge in [0.15, 0.2) is 5.78 Å². The molecule has 0 aliphatic heterocycles. The standard InChI is InChI=1S/C24H17F3O2/c1-14-23(28)21(15-7-9-18(25)10-8-15)22(16-11-19(26)13-20(27)12-16)24(14,29)17-5-3-2-4-6-17/h2-14,29H,1H3/t14-,24-/m0/s1. The number of carbonyl (C=O) groups is 1. The van der Waals surface area contributed by atoms with Crippen LogP contribution in [-0.4, -0.2) is 10.9 Å². The summed E-state index contributed by atoms with van der Waals surface area (Å²) in [5, 5.41) is 11.8. The summed E-state index contributed by atoms with van der Waals surface area (Å²) in [4.78, 5) is 13.2. The average Bonchev–Trinajstić information content (AvgIpc) is 2.91. The number of hydrogen-bond acceptors (Lipinski definition) is 2. The Bertz CT molecular complexity index is 1100. The molecule has 0 spiro atoms.